The Morgan fingerprint density at radius 2 is 2.10 bits per heavy atom. The average molecular weight is 298 g/mol. The van der Waals surface area contributed by atoms with Crippen LogP contribution in [0.4, 0.5) is 0 Å². The van der Waals surface area contributed by atoms with Crippen LogP contribution in [0.25, 0.3) is 0 Å². The van der Waals surface area contributed by atoms with Crippen molar-refractivity contribution in [2.75, 3.05) is 6.54 Å². The Labute approximate surface area is 129 Å². The number of thiophene rings is 1. The van der Waals surface area contributed by atoms with E-state index in [9.17, 15) is 4.79 Å². The van der Waals surface area contributed by atoms with Gasteiger partial charge in [0, 0.05) is 20.9 Å². The molecule has 1 heterocycles. The Morgan fingerprint density at radius 3 is 2.81 bits per heavy atom. The molecule has 0 radical (unpaired) electrons. The van der Waals surface area contributed by atoms with E-state index in [4.69, 9.17) is 5.73 Å². The van der Waals surface area contributed by atoms with Gasteiger partial charge in [-0.05, 0) is 36.8 Å². The molecule has 2 rings (SSSR count). The molecule has 0 aliphatic rings. The Balaban J connectivity index is 1.99. The molecule has 0 saturated carbocycles. The summed E-state index contributed by atoms with van der Waals surface area (Å²) in [5.41, 5.74) is 6.77. The monoisotopic (exact) mass is 298 g/mol. The van der Waals surface area contributed by atoms with Gasteiger partial charge in [0.25, 0.3) is 5.91 Å². The maximum absolute atomic E-state index is 12.1. The minimum Gasteiger partial charge on any atom is -0.347 e. The Morgan fingerprint density at radius 1 is 1.29 bits per heavy atom. The van der Waals surface area contributed by atoms with Gasteiger partial charge in [0.05, 0.1) is 13.1 Å². The van der Waals surface area contributed by atoms with Gasteiger partial charge in [0.1, 0.15) is 0 Å². The number of hydrogen-bond donors (Lipinski definition) is 2. The van der Waals surface area contributed by atoms with Gasteiger partial charge in [-0.1, -0.05) is 24.8 Å². The largest absolute Gasteiger partial charge is 0.347 e. The predicted molar refractivity (Wildman–Crippen MR) is 87.2 cm³/mol. The fraction of sp³-hybridized carbons (Fsp3) is 0.235. The number of hydrogen-bond acceptors (Lipinski definition) is 3. The van der Waals surface area contributed by atoms with Crippen LogP contribution in [0.15, 0.2) is 36.4 Å². The number of nitrogens with one attached hydrogen (secondary N) is 1. The molecule has 108 valence electrons. The number of benzene rings is 1. The van der Waals surface area contributed by atoms with E-state index < -0.39 is 0 Å². The van der Waals surface area contributed by atoms with Gasteiger partial charge in [0.2, 0.25) is 0 Å². The summed E-state index contributed by atoms with van der Waals surface area (Å²) in [6.07, 6.45) is 1.03. The maximum Gasteiger partial charge on any atom is 0.251 e. The van der Waals surface area contributed by atoms with E-state index in [1.54, 1.807) is 23.5 Å². The van der Waals surface area contributed by atoms with Gasteiger partial charge >= 0.3 is 0 Å². The molecule has 1 amide bonds. The van der Waals surface area contributed by atoms with E-state index in [1.165, 1.54) is 9.75 Å². The third-order valence-corrected chi connectivity index (χ3v) is 4.18. The van der Waals surface area contributed by atoms with Crippen LogP contribution in [0.3, 0.4) is 0 Å². The first kappa shape index (κ1) is 15.3. The molecule has 2 aromatic rings. The van der Waals surface area contributed by atoms with Crippen LogP contribution in [-0.4, -0.2) is 12.5 Å². The van der Waals surface area contributed by atoms with Crippen molar-refractivity contribution in [3.63, 3.8) is 0 Å². The quantitative estimate of drug-likeness (QED) is 0.852. The molecule has 0 bridgehead atoms. The van der Waals surface area contributed by atoms with E-state index in [2.05, 4.69) is 36.2 Å². The van der Waals surface area contributed by atoms with Crippen LogP contribution >= 0.6 is 11.3 Å². The first-order chi connectivity index (χ1) is 10.2. The van der Waals surface area contributed by atoms with Crippen molar-refractivity contribution in [3.8, 4) is 11.8 Å². The first-order valence-electron chi connectivity index (χ1n) is 6.87. The van der Waals surface area contributed by atoms with Gasteiger partial charge in [-0.2, -0.15) is 0 Å². The highest BCUT2D eigenvalue weighted by Gasteiger charge is 2.06. The zero-order chi connectivity index (χ0) is 15.1. The van der Waals surface area contributed by atoms with Crippen LogP contribution < -0.4 is 11.1 Å². The maximum atomic E-state index is 12.1. The summed E-state index contributed by atoms with van der Waals surface area (Å²) in [6.45, 7) is 3.00. The van der Waals surface area contributed by atoms with E-state index in [0.29, 0.717) is 18.7 Å². The smallest absolute Gasteiger partial charge is 0.251 e. The van der Waals surface area contributed by atoms with Crippen molar-refractivity contribution in [3.05, 3.63) is 57.3 Å². The summed E-state index contributed by atoms with van der Waals surface area (Å²) < 4.78 is 0. The molecule has 1 aromatic carbocycles. The summed E-state index contributed by atoms with van der Waals surface area (Å²) in [5.74, 6) is 5.63. The molecule has 0 fully saturated rings. The Hall–Kier alpha value is -2.09. The lowest BCUT2D eigenvalue weighted by Gasteiger charge is -2.04. The van der Waals surface area contributed by atoms with Crippen molar-refractivity contribution in [2.45, 2.75) is 19.9 Å². The van der Waals surface area contributed by atoms with Crippen molar-refractivity contribution >= 4 is 17.2 Å². The van der Waals surface area contributed by atoms with E-state index in [0.717, 1.165) is 12.0 Å². The molecule has 0 spiro atoms. The molecule has 0 aliphatic carbocycles. The highest BCUT2D eigenvalue weighted by molar-refractivity contribution is 7.11. The number of rotatable bonds is 4. The van der Waals surface area contributed by atoms with Gasteiger partial charge < -0.3 is 11.1 Å². The summed E-state index contributed by atoms with van der Waals surface area (Å²) in [5, 5.41) is 2.93. The zero-order valence-electron chi connectivity index (χ0n) is 12.0. The lowest BCUT2D eigenvalue weighted by Crippen LogP contribution is -2.22. The zero-order valence-corrected chi connectivity index (χ0v) is 12.8. The molecule has 3 nitrogen and oxygen atoms in total. The van der Waals surface area contributed by atoms with Crippen LogP contribution in [0.5, 0.6) is 0 Å². The van der Waals surface area contributed by atoms with E-state index >= 15 is 0 Å². The summed E-state index contributed by atoms with van der Waals surface area (Å²) in [4.78, 5) is 14.6. The van der Waals surface area contributed by atoms with Gasteiger partial charge in [-0.15, -0.1) is 11.3 Å². The third-order valence-electron chi connectivity index (χ3n) is 2.95. The van der Waals surface area contributed by atoms with Crippen LogP contribution in [0.2, 0.25) is 0 Å². The third kappa shape index (κ3) is 4.45. The lowest BCUT2D eigenvalue weighted by atomic mass is 10.1. The normalized spacial score (nSPS) is 9.81. The molecule has 0 aliphatic heterocycles. The summed E-state index contributed by atoms with van der Waals surface area (Å²) >= 11 is 1.73. The molecule has 4 heteroatoms. The highest BCUT2D eigenvalue weighted by atomic mass is 32.1. The van der Waals surface area contributed by atoms with Crippen molar-refractivity contribution < 1.29 is 4.79 Å². The van der Waals surface area contributed by atoms with Crippen LogP contribution in [-0.2, 0) is 13.0 Å². The number of amides is 1. The molecule has 0 atom stereocenters. The number of carbonyl (C=O) groups is 1. The second kappa shape index (κ2) is 7.63. The molecule has 3 N–H and O–H groups in total. The fourth-order valence-electron chi connectivity index (χ4n) is 1.87. The topological polar surface area (TPSA) is 55.1 Å². The van der Waals surface area contributed by atoms with Crippen LogP contribution in [0, 0.1) is 11.8 Å². The minimum absolute atomic E-state index is 0.0853. The number of nitrogens with two attached hydrogens (primary N) is 1. The number of aryl methyl sites for hydroxylation is 1. The molecule has 0 saturated heterocycles. The summed E-state index contributed by atoms with van der Waals surface area (Å²) in [6, 6.07) is 11.4. The number of carbonyl (C=O) groups excluding carboxylic acids is 1. The first-order valence-corrected chi connectivity index (χ1v) is 7.69. The van der Waals surface area contributed by atoms with Gasteiger partial charge in [0.15, 0.2) is 0 Å². The van der Waals surface area contributed by atoms with Crippen molar-refractivity contribution in [2.24, 2.45) is 5.73 Å². The SMILES string of the molecule is CCc1ccc(CNC(=O)c2cccc(C#CCN)c2)s1. The fourth-order valence-corrected chi connectivity index (χ4v) is 2.77. The minimum atomic E-state index is -0.0853. The summed E-state index contributed by atoms with van der Waals surface area (Å²) in [7, 11) is 0. The average Bonchev–Trinajstić information content (AvgIpc) is 2.99. The highest BCUT2D eigenvalue weighted by Crippen LogP contribution is 2.16. The van der Waals surface area contributed by atoms with Gasteiger partial charge in [-0.3, -0.25) is 4.79 Å². The lowest BCUT2D eigenvalue weighted by molar-refractivity contribution is 0.0951. The molecule has 0 unspecified atom stereocenters. The molecular formula is C17H18N2OS. The molecule has 21 heavy (non-hydrogen) atoms. The van der Waals surface area contributed by atoms with E-state index in [1.807, 2.05) is 12.1 Å². The second-order valence-corrected chi connectivity index (χ2v) is 5.74. The molecule has 1 aromatic heterocycles. The van der Waals surface area contributed by atoms with Crippen LogP contribution in [0.1, 0.15) is 32.6 Å². The Bertz CT molecular complexity index is 679. The van der Waals surface area contributed by atoms with Gasteiger partial charge in [-0.25, -0.2) is 0 Å². The Kier molecular flexibility index (Phi) is 5.56. The second-order valence-electron chi connectivity index (χ2n) is 4.49. The van der Waals surface area contributed by atoms with E-state index in [-0.39, 0.29) is 5.91 Å². The predicted octanol–water partition coefficient (Wildman–Crippen LogP) is 2.55. The van der Waals surface area contributed by atoms with Crippen molar-refractivity contribution in [1.82, 2.24) is 5.32 Å². The van der Waals surface area contributed by atoms with Crippen molar-refractivity contribution in [1.29, 1.82) is 0 Å². The standard InChI is InChI=1S/C17H18N2OS/c1-2-15-8-9-16(21-15)12-19-17(20)14-7-3-5-13(11-14)6-4-10-18/h3,5,7-9,11H,2,10,12,18H2,1H3,(H,19,20). The molecular weight excluding hydrogens is 280 g/mol.